The highest BCUT2D eigenvalue weighted by molar-refractivity contribution is 7.91. The van der Waals surface area contributed by atoms with Gasteiger partial charge in [0.2, 0.25) is 5.91 Å². The second-order valence-electron chi connectivity index (χ2n) is 7.97. The average Bonchev–Trinajstić information content (AvgIpc) is 3.53. The summed E-state index contributed by atoms with van der Waals surface area (Å²) in [5.74, 6) is 0.252. The Morgan fingerprint density at radius 2 is 1.94 bits per heavy atom. The zero-order valence-electron chi connectivity index (χ0n) is 16.7. The Kier molecular flexibility index (Phi) is 5.81. The van der Waals surface area contributed by atoms with Crippen molar-refractivity contribution in [2.45, 2.75) is 41.9 Å². The number of hydrogen-bond donors (Lipinski definition) is 0. The zero-order chi connectivity index (χ0) is 21.6. The second kappa shape index (κ2) is 8.44. The van der Waals surface area contributed by atoms with Crippen LogP contribution in [0.2, 0.25) is 5.02 Å². The van der Waals surface area contributed by atoms with Crippen LogP contribution in [0.5, 0.6) is 0 Å². The molecule has 0 saturated carbocycles. The van der Waals surface area contributed by atoms with Crippen molar-refractivity contribution in [3.05, 3.63) is 45.7 Å². The molecule has 0 N–H and O–H groups in total. The molecule has 2 aliphatic rings. The number of aromatic nitrogens is 1. The predicted octanol–water partition coefficient (Wildman–Crippen LogP) is 4.57. The highest BCUT2D eigenvalue weighted by atomic mass is 35.5. The van der Waals surface area contributed by atoms with Crippen LogP contribution < -0.4 is 0 Å². The molecule has 2 aliphatic heterocycles. The van der Waals surface area contributed by atoms with Gasteiger partial charge < -0.3 is 4.90 Å². The lowest BCUT2D eigenvalue weighted by molar-refractivity contribution is -0.135. The van der Waals surface area contributed by atoms with E-state index >= 15 is 0 Å². The van der Waals surface area contributed by atoms with Crippen LogP contribution in [-0.2, 0) is 14.8 Å². The van der Waals surface area contributed by atoms with Crippen molar-refractivity contribution in [3.8, 4) is 0 Å². The van der Waals surface area contributed by atoms with Crippen molar-refractivity contribution in [2.24, 2.45) is 0 Å². The summed E-state index contributed by atoms with van der Waals surface area (Å²) in [7, 11) is -3.62. The summed E-state index contributed by atoms with van der Waals surface area (Å²) < 4.78 is 28.8. The van der Waals surface area contributed by atoms with E-state index in [-0.39, 0.29) is 5.91 Å². The molecule has 2 aromatic heterocycles. The molecule has 0 bridgehead atoms. The van der Waals surface area contributed by atoms with Crippen molar-refractivity contribution in [1.29, 1.82) is 0 Å². The number of nitrogens with zero attached hydrogens (tertiary/aromatic N) is 3. The maximum absolute atomic E-state index is 13.2. The molecule has 1 unspecified atom stereocenters. The summed E-state index contributed by atoms with van der Waals surface area (Å²) in [6.07, 6.45) is 2.97. The van der Waals surface area contributed by atoms with E-state index in [2.05, 4.69) is 0 Å². The Labute approximate surface area is 194 Å². The van der Waals surface area contributed by atoms with Crippen LogP contribution in [0.25, 0.3) is 10.2 Å². The number of halogens is 1. The minimum absolute atomic E-state index is 0.0628. The third kappa shape index (κ3) is 4.02. The SMILES string of the molecule is O=C(C1CCCN1S(=O)(=O)c1cccs1)N1CCC(c2nc3cc(Cl)ccc3s2)CC1. The number of fused-ring (bicyclic) bond motifs is 1. The number of benzene rings is 1. The Morgan fingerprint density at radius 1 is 1.13 bits per heavy atom. The maximum Gasteiger partial charge on any atom is 0.253 e. The molecule has 3 aromatic rings. The maximum atomic E-state index is 13.2. The van der Waals surface area contributed by atoms with Gasteiger partial charge in [-0.3, -0.25) is 4.79 Å². The average molecular weight is 496 g/mol. The van der Waals surface area contributed by atoms with Crippen LogP contribution in [-0.4, -0.2) is 54.2 Å². The standard InChI is InChI=1S/C21H22ClN3O3S3/c22-15-5-6-18-16(13-15)23-20(30-18)14-7-10-24(11-8-14)21(26)17-3-1-9-25(17)31(27,28)19-4-2-12-29-19/h2,4-6,12-14,17H,1,3,7-11H2. The number of carbonyl (C=O) groups excluding carboxylic acids is 1. The van der Waals surface area contributed by atoms with Crippen LogP contribution in [0.15, 0.2) is 39.9 Å². The quantitative estimate of drug-likeness (QED) is 0.531. The van der Waals surface area contributed by atoms with Gasteiger partial charge in [0.15, 0.2) is 0 Å². The fourth-order valence-corrected chi connectivity index (χ4v) is 8.50. The third-order valence-electron chi connectivity index (χ3n) is 6.07. The Bertz CT molecular complexity index is 1200. The summed E-state index contributed by atoms with van der Waals surface area (Å²) >= 11 is 8.97. The van der Waals surface area contributed by atoms with Crippen LogP contribution in [0, 0.1) is 0 Å². The summed E-state index contributed by atoms with van der Waals surface area (Å²) in [5, 5.41) is 3.52. The van der Waals surface area contributed by atoms with Gasteiger partial charge in [0.05, 0.1) is 15.2 Å². The third-order valence-corrected chi connectivity index (χ3v) is 10.8. The van der Waals surface area contributed by atoms with E-state index in [1.165, 1.54) is 15.6 Å². The normalized spacial score (nSPS) is 21.2. The van der Waals surface area contributed by atoms with Gasteiger partial charge in [-0.05, 0) is 55.3 Å². The first kappa shape index (κ1) is 21.3. The van der Waals surface area contributed by atoms with Crippen molar-refractivity contribution >= 4 is 60.4 Å². The smallest absolute Gasteiger partial charge is 0.253 e. The van der Waals surface area contributed by atoms with Crippen LogP contribution >= 0.6 is 34.3 Å². The molecule has 0 radical (unpaired) electrons. The minimum atomic E-state index is -3.62. The molecule has 2 fully saturated rings. The van der Waals surface area contributed by atoms with Crippen molar-refractivity contribution < 1.29 is 13.2 Å². The van der Waals surface area contributed by atoms with E-state index in [4.69, 9.17) is 16.6 Å². The number of amides is 1. The minimum Gasteiger partial charge on any atom is -0.341 e. The molecule has 1 aromatic carbocycles. The number of hydrogen-bond acceptors (Lipinski definition) is 6. The summed E-state index contributed by atoms with van der Waals surface area (Å²) in [6, 6.07) is 8.51. The molecule has 4 heterocycles. The van der Waals surface area contributed by atoms with Crippen LogP contribution in [0.4, 0.5) is 0 Å². The Morgan fingerprint density at radius 3 is 2.68 bits per heavy atom. The molecule has 1 atom stereocenters. The lowest BCUT2D eigenvalue weighted by atomic mass is 9.97. The molecule has 6 nitrogen and oxygen atoms in total. The van der Waals surface area contributed by atoms with Gasteiger partial charge in [0.25, 0.3) is 10.0 Å². The Balaban J connectivity index is 1.27. The lowest BCUT2D eigenvalue weighted by Gasteiger charge is -2.34. The monoisotopic (exact) mass is 495 g/mol. The van der Waals surface area contributed by atoms with Gasteiger partial charge in [-0.15, -0.1) is 22.7 Å². The molecular formula is C21H22ClN3O3S3. The first-order chi connectivity index (χ1) is 14.9. The van der Waals surface area contributed by atoms with E-state index in [1.54, 1.807) is 28.8 Å². The zero-order valence-corrected chi connectivity index (χ0v) is 19.9. The number of thiazole rings is 1. The van der Waals surface area contributed by atoms with E-state index in [0.717, 1.165) is 28.1 Å². The van der Waals surface area contributed by atoms with E-state index in [9.17, 15) is 13.2 Å². The first-order valence-corrected chi connectivity index (χ1v) is 13.8. The van der Waals surface area contributed by atoms with Gasteiger partial charge in [-0.1, -0.05) is 17.7 Å². The molecule has 2 saturated heterocycles. The molecule has 31 heavy (non-hydrogen) atoms. The number of rotatable bonds is 4. The molecule has 0 spiro atoms. The number of thiophene rings is 1. The lowest BCUT2D eigenvalue weighted by Crippen LogP contribution is -2.49. The number of carbonyl (C=O) groups is 1. The van der Waals surface area contributed by atoms with Gasteiger partial charge in [-0.25, -0.2) is 13.4 Å². The van der Waals surface area contributed by atoms with Crippen molar-refractivity contribution in [2.75, 3.05) is 19.6 Å². The van der Waals surface area contributed by atoms with Crippen LogP contribution in [0.1, 0.15) is 36.6 Å². The van der Waals surface area contributed by atoms with Gasteiger partial charge in [-0.2, -0.15) is 4.31 Å². The number of likely N-dealkylation sites (tertiary alicyclic amines) is 1. The molecule has 1 amide bonds. The van der Waals surface area contributed by atoms with Gasteiger partial charge in [0, 0.05) is 30.6 Å². The number of piperidine rings is 1. The second-order valence-corrected chi connectivity index (χ2v) is 12.5. The van der Waals surface area contributed by atoms with Gasteiger partial charge in [0.1, 0.15) is 10.3 Å². The van der Waals surface area contributed by atoms with E-state index < -0.39 is 16.1 Å². The largest absolute Gasteiger partial charge is 0.341 e. The molecule has 0 aliphatic carbocycles. The molecule has 10 heteroatoms. The molecule has 5 rings (SSSR count). The Hall–Kier alpha value is -1.52. The van der Waals surface area contributed by atoms with E-state index in [0.29, 0.717) is 47.6 Å². The fourth-order valence-electron chi connectivity index (χ4n) is 4.45. The number of sulfonamides is 1. The molecular weight excluding hydrogens is 474 g/mol. The first-order valence-electron chi connectivity index (χ1n) is 10.3. The predicted molar refractivity (Wildman–Crippen MR) is 124 cm³/mol. The van der Waals surface area contributed by atoms with Crippen LogP contribution in [0.3, 0.4) is 0 Å². The summed E-state index contributed by atoms with van der Waals surface area (Å²) in [5.41, 5.74) is 0.923. The van der Waals surface area contributed by atoms with Gasteiger partial charge >= 0.3 is 0 Å². The van der Waals surface area contributed by atoms with Crippen molar-refractivity contribution in [1.82, 2.24) is 14.2 Å². The highest BCUT2D eigenvalue weighted by Crippen LogP contribution is 2.36. The molecule has 164 valence electrons. The van der Waals surface area contributed by atoms with E-state index in [1.807, 2.05) is 23.1 Å². The highest BCUT2D eigenvalue weighted by Gasteiger charge is 2.42. The summed E-state index contributed by atoms with van der Waals surface area (Å²) in [4.78, 5) is 19.8. The topological polar surface area (TPSA) is 70.6 Å². The fraction of sp³-hybridized carbons (Fsp3) is 0.429. The van der Waals surface area contributed by atoms with Crippen molar-refractivity contribution in [3.63, 3.8) is 0 Å². The summed E-state index contributed by atoms with van der Waals surface area (Å²) in [6.45, 7) is 1.66.